The maximum atomic E-state index is 12.3. The van der Waals surface area contributed by atoms with Gasteiger partial charge in [0.15, 0.2) is 5.13 Å². The molecule has 0 fully saturated rings. The van der Waals surface area contributed by atoms with Crippen LogP contribution in [0.5, 0.6) is 0 Å². The van der Waals surface area contributed by atoms with E-state index in [1.54, 1.807) is 6.08 Å². The summed E-state index contributed by atoms with van der Waals surface area (Å²) in [6.07, 6.45) is 4.65. The van der Waals surface area contributed by atoms with Crippen LogP contribution in [0.15, 0.2) is 54.6 Å². The number of aryl methyl sites for hydroxylation is 1. The Kier molecular flexibility index (Phi) is 5.77. The van der Waals surface area contributed by atoms with Crippen molar-refractivity contribution in [3.8, 4) is 11.3 Å². The summed E-state index contributed by atoms with van der Waals surface area (Å²) in [6.45, 7) is 4.62. The van der Waals surface area contributed by atoms with Gasteiger partial charge in [0.2, 0.25) is 11.8 Å². The van der Waals surface area contributed by atoms with Gasteiger partial charge in [-0.25, -0.2) is 4.98 Å². The third-order valence-corrected chi connectivity index (χ3v) is 5.99. The number of benzene rings is 2. The lowest BCUT2D eigenvalue weighted by atomic mass is 10.1. The average Bonchev–Trinajstić information content (AvgIpc) is 3.35. The summed E-state index contributed by atoms with van der Waals surface area (Å²) in [5.74, 6) is -0.0540. The number of hydrogen-bond acceptors (Lipinski definition) is 4. The molecular weight excluding hydrogens is 394 g/mol. The molecule has 152 valence electrons. The van der Waals surface area contributed by atoms with Gasteiger partial charge in [-0.3, -0.25) is 14.9 Å². The van der Waals surface area contributed by atoms with E-state index in [4.69, 9.17) is 0 Å². The topological polar surface area (TPSA) is 62.3 Å². The van der Waals surface area contributed by atoms with E-state index in [9.17, 15) is 9.59 Å². The van der Waals surface area contributed by atoms with Crippen LogP contribution in [0.3, 0.4) is 0 Å². The monoisotopic (exact) mass is 417 g/mol. The number of nitrogens with zero attached hydrogens (tertiary/aromatic N) is 2. The highest BCUT2D eigenvalue weighted by molar-refractivity contribution is 7.16. The van der Waals surface area contributed by atoms with E-state index >= 15 is 0 Å². The number of aromatic nitrogens is 1. The number of rotatable bonds is 5. The smallest absolute Gasteiger partial charge is 0.250 e. The van der Waals surface area contributed by atoms with E-state index in [0.29, 0.717) is 11.6 Å². The zero-order valence-corrected chi connectivity index (χ0v) is 17.8. The van der Waals surface area contributed by atoms with Crippen molar-refractivity contribution in [3.05, 3.63) is 70.6 Å². The number of hydrogen-bond donors (Lipinski definition) is 1. The van der Waals surface area contributed by atoms with E-state index in [-0.39, 0.29) is 11.8 Å². The number of nitrogens with one attached hydrogen (secondary N) is 1. The standard InChI is InChI=1S/C24H23N3O2S/c1-3-22(29)27-14-13-18-15-19(10-11-20(18)27)23-16(2)30-24(26-23)25-21(28)12-9-17-7-5-4-6-8-17/h4-12,15H,3,13-14H2,1-2H3,(H,25,26,28). The molecule has 2 aromatic carbocycles. The minimum Gasteiger partial charge on any atom is -0.312 e. The first-order chi connectivity index (χ1) is 14.5. The van der Waals surface area contributed by atoms with Crippen molar-refractivity contribution in [1.82, 2.24) is 4.98 Å². The lowest BCUT2D eigenvalue weighted by Crippen LogP contribution is -2.27. The highest BCUT2D eigenvalue weighted by Crippen LogP contribution is 2.35. The molecule has 4 rings (SSSR count). The molecule has 0 atom stereocenters. The van der Waals surface area contributed by atoms with Crippen molar-refractivity contribution in [3.63, 3.8) is 0 Å². The van der Waals surface area contributed by atoms with Crippen LogP contribution in [-0.2, 0) is 16.0 Å². The van der Waals surface area contributed by atoms with Crippen LogP contribution in [0.25, 0.3) is 17.3 Å². The van der Waals surface area contributed by atoms with Crippen molar-refractivity contribution in [2.24, 2.45) is 0 Å². The number of carbonyl (C=O) groups excluding carboxylic acids is 2. The van der Waals surface area contributed by atoms with Crippen LogP contribution in [0, 0.1) is 6.92 Å². The lowest BCUT2D eigenvalue weighted by molar-refractivity contribution is -0.118. The molecule has 0 spiro atoms. The second-order valence-corrected chi connectivity index (χ2v) is 8.35. The van der Waals surface area contributed by atoms with Gasteiger partial charge in [0, 0.05) is 35.2 Å². The Balaban J connectivity index is 1.50. The largest absolute Gasteiger partial charge is 0.312 e. The predicted octanol–water partition coefficient (Wildman–Crippen LogP) is 5.07. The van der Waals surface area contributed by atoms with E-state index in [1.165, 1.54) is 17.4 Å². The second-order valence-electron chi connectivity index (χ2n) is 7.15. The van der Waals surface area contributed by atoms with Crippen LogP contribution in [0.4, 0.5) is 10.8 Å². The molecule has 6 heteroatoms. The quantitative estimate of drug-likeness (QED) is 0.590. The van der Waals surface area contributed by atoms with E-state index in [1.807, 2.05) is 61.2 Å². The number of amides is 2. The Morgan fingerprint density at radius 2 is 2.00 bits per heavy atom. The van der Waals surface area contributed by atoms with Gasteiger partial charge in [0.25, 0.3) is 0 Å². The van der Waals surface area contributed by atoms with Gasteiger partial charge in [-0.15, -0.1) is 11.3 Å². The molecular formula is C24H23N3O2S. The minimum atomic E-state index is -0.207. The Bertz CT molecular complexity index is 1120. The number of fused-ring (bicyclic) bond motifs is 1. The molecule has 0 bridgehead atoms. The summed E-state index contributed by atoms with van der Waals surface area (Å²) in [4.78, 5) is 31.9. The van der Waals surface area contributed by atoms with Crippen LogP contribution in [0.2, 0.25) is 0 Å². The molecule has 3 aromatic rings. The summed E-state index contributed by atoms with van der Waals surface area (Å²) in [6, 6.07) is 15.8. The van der Waals surface area contributed by atoms with Crippen LogP contribution >= 0.6 is 11.3 Å². The molecule has 2 heterocycles. The van der Waals surface area contributed by atoms with Gasteiger partial charge in [-0.1, -0.05) is 43.3 Å². The first kappa shape index (κ1) is 20.0. The predicted molar refractivity (Wildman–Crippen MR) is 123 cm³/mol. The normalized spacial score (nSPS) is 12.9. The third kappa shape index (κ3) is 4.19. The molecule has 1 aromatic heterocycles. The Morgan fingerprint density at radius 1 is 1.20 bits per heavy atom. The van der Waals surface area contributed by atoms with E-state index < -0.39 is 0 Å². The highest BCUT2D eigenvalue weighted by Gasteiger charge is 2.24. The second kappa shape index (κ2) is 8.63. The van der Waals surface area contributed by atoms with Gasteiger partial charge in [-0.05, 0) is 42.7 Å². The van der Waals surface area contributed by atoms with Gasteiger partial charge in [0.05, 0.1) is 5.69 Å². The molecule has 1 N–H and O–H groups in total. The molecule has 30 heavy (non-hydrogen) atoms. The van der Waals surface area contributed by atoms with Crippen molar-refractivity contribution in [2.45, 2.75) is 26.7 Å². The molecule has 2 amide bonds. The SMILES string of the molecule is CCC(=O)N1CCc2cc(-c3nc(NC(=O)C=Cc4ccccc4)sc3C)ccc21. The molecule has 0 saturated carbocycles. The van der Waals surface area contributed by atoms with E-state index in [0.717, 1.165) is 45.9 Å². The van der Waals surface area contributed by atoms with Crippen LogP contribution in [-0.4, -0.2) is 23.3 Å². The zero-order valence-electron chi connectivity index (χ0n) is 17.0. The van der Waals surface area contributed by atoms with Gasteiger partial charge in [-0.2, -0.15) is 0 Å². The fourth-order valence-electron chi connectivity index (χ4n) is 3.60. The fraction of sp³-hybridized carbons (Fsp3) is 0.208. The summed E-state index contributed by atoms with van der Waals surface area (Å²) < 4.78 is 0. The number of thiazole rings is 1. The minimum absolute atomic E-state index is 0.153. The molecule has 1 aliphatic heterocycles. The summed E-state index contributed by atoms with van der Waals surface area (Å²) >= 11 is 1.46. The van der Waals surface area contributed by atoms with Crippen molar-refractivity contribution in [1.29, 1.82) is 0 Å². The summed E-state index contributed by atoms with van der Waals surface area (Å²) in [5.41, 5.74) is 5.01. The maximum Gasteiger partial charge on any atom is 0.250 e. The van der Waals surface area contributed by atoms with E-state index in [2.05, 4.69) is 16.4 Å². The van der Waals surface area contributed by atoms with Crippen molar-refractivity contribution >= 4 is 40.0 Å². The molecule has 0 unspecified atom stereocenters. The molecule has 0 aliphatic carbocycles. The third-order valence-electron chi connectivity index (χ3n) is 5.11. The van der Waals surface area contributed by atoms with Crippen molar-refractivity contribution < 1.29 is 9.59 Å². The summed E-state index contributed by atoms with van der Waals surface area (Å²) in [5, 5.41) is 3.43. The van der Waals surface area contributed by atoms with Crippen molar-refractivity contribution in [2.75, 3.05) is 16.8 Å². The molecule has 5 nitrogen and oxygen atoms in total. The van der Waals surface area contributed by atoms with Crippen LogP contribution < -0.4 is 10.2 Å². The van der Waals surface area contributed by atoms with Crippen LogP contribution in [0.1, 0.15) is 29.3 Å². The Hall–Kier alpha value is -3.25. The lowest BCUT2D eigenvalue weighted by Gasteiger charge is -2.16. The summed E-state index contributed by atoms with van der Waals surface area (Å²) in [7, 11) is 0. The highest BCUT2D eigenvalue weighted by atomic mass is 32.1. The fourth-order valence-corrected chi connectivity index (χ4v) is 4.44. The first-order valence-electron chi connectivity index (χ1n) is 10.0. The Labute approximate surface area is 180 Å². The van der Waals surface area contributed by atoms with Gasteiger partial charge < -0.3 is 4.90 Å². The first-order valence-corrected chi connectivity index (χ1v) is 10.8. The Morgan fingerprint density at radius 3 is 2.77 bits per heavy atom. The molecule has 0 radical (unpaired) electrons. The number of carbonyl (C=O) groups is 2. The number of anilines is 2. The van der Waals surface area contributed by atoms with Gasteiger partial charge >= 0.3 is 0 Å². The maximum absolute atomic E-state index is 12.3. The molecule has 0 saturated heterocycles. The molecule has 1 aliphatic rings. The zero-order chi connectivity index (χ0) is 21.1. The van der Waals surface area contributed by atoms with Gasteiger partial charge in [0.1, 0.15) is 0 Å². The average molecular weight is 418 g/mol.